The lowest BCUT2D eigenvalue weighted by Crippen LogP contribution is -2.38. The summed E-state index contributed by atoms with van der Waals surface area (Å²) in [5.41, 5.74) is 0. The first-order valence-corrected chi connectivity index (χ1v) is 6.28. The summed E-state index contributed by atoms with van der Waals surface area (Å²) in [7, 11) is 3.95. The Morgan fingerprint density at radius 3 is 2.88 bits per heavy atom. The van der Waals surface area contributed by atoms with Crippen molar-refractivity contribution in [1.82, 2.24) is 10.2 Å². The lowest BCUT2D eigenvalue weighted by Gasteiger charge is -2.20. The Kier molecular flexibility index (Phi) is 6.28. The summed E-state index contributed by atoms with van der Waals surface area (Å²) in [5.74, 6) is 0.622. The molecule has 3 unspecified atom stereocenters. The molecule has 1 saturated heterocycles. The van der Waals surface area contributed by atoms with Gasteiger partial charge in [0, 0.05) is 26.2 Å². The van der Waals surface area contributed by atoms with Gasteiger partial charge in [0.25, 0.3) is 0 Å². The van der Waals surface area contributed by atoms with Crippen LogP contribution >= 0.6 is 0 Å². The molecule has 1 rings (SSSR count). The lowest BCUT2D eigenvalue weighted by atomic mass is 10.00. The van der Waals surface area contributed by atoms with Crippen LogP contribution in [0.3, 0.4) is 0 Å². The zero-order valence-electron chi connectivity index (χ0n) is 10.8. The second kappa shape index (κ2) is 7.22. The van der Waals surface area contributed by atoms with E-state index in [1.807, 2.05) is 19.0 Å². The number of rotatable bonds is 7. The molecule has 0 aromatic rings. The zero-order chi connectivity index (χ0) is 12.0. The maximum Gasteiger partial charge on any atom is 0.0791 e. The first kappa shape index (κ1) is 13.9. The Bertz CT molecular complexity index is 188. The van der Waals surface area contributed by atoms with Crippen molar-refractivity contribution in [3.8, 4) is 0 Å². The van der Waals surface area contributed by atoms with Gasteiger partial charge >= 0.3 is 0 Å². The smallest absolute Gasteiger partial charge is 0.0791 e. The standard InChI is InChI=1S/C12H26N2O2/c1-4-12-10(5-6-16-12)7-13-8-11(15)9-14(2)3/h10-13,15H,4-9H2,1-3H3. The zero-order valence-corrected chi connectivity index (χ0v) is 10.8. The van der Waals surface area contributed by atoms with E-state index < -0.39 is 0 Å². The van der Waals surface area contributed by atoms with E-state index in [1.165, 1.54) is 0 Å². The monoisotopic (exact) mass is 230 g/mol. The van der Waals surface area contributed by atoms with Gasteiger partial charge in [0.15, 0.2) is 0 Å². The Balaban J connectivity index is 2.10. The van der Waals surface area contributed by atoms with E-state index in [9.17, 15) is 5.11 Å². The van der Waals surface area contributed by atoms with Crippen LogP contribution in [0.4, 0.5) is 0 Å². The molecule has 0 spiro atoms. The van der Waals surface area contributed by atoms with Gasteiger partial charge in [-0.2, -0.15) is 0 Å². The molecular formula is C12H26N2O2. The van der Waals surface area contributed by atoms with Crippen LogP contribution in [0.15, 0.2) is 0 Å². The third kappa shape index (κ3) is 4.78. The molecule has 1 fully saturated rings. The summed E-state index contributed by atoms with van der Waals surface area (Å²) in [6.07, 6.45) is 2.37. The summed E-state index contributed by atoms with van der Waals surface area (Å²) in [4.78, 5) is 2.00. The fraction of sp³-hybridized carbons (Fsp3) is 1.00. The van der Waals surface area contributed by atoms with Crippen LogP contribution in [0.25, 0.3) is 0 Å². The molecule has 1 aliphatic heterocycles. The molecule has 0 saturated carbocycles. The van der Waals surface area contributed by atoms with E-state index in [1.54, 1.807) is 0 Å². The molecule has 2 N–H and O–H groups in total. The number of nitrogens with zero attached hydrogens (tertiary/aromatic N) is 1. The minimum absolute atomic E-state index is 0.280. The Hall–Kier alpha value is -0.160. The van der Waals surface area contributed by atoms with Gasteiger partial charge in [-0.3, -0.25) is 0 Å². The van der Waals surface area contributed by atoms with Crippen molar-refractivity contribution in [3.05, 3.63) is 0 Å². The molecule has 4 nitrogen and oxygen atoms in total. The molecule has 1 heterocycles. The molecule has 0 amide bonds. The maximum atomic E-state index is 9.68. The van der Waals surface area contributed by atoms with Gasteiger partial charge in [-0.25, -0.2) is 0 Å². The van der Waals surface area contributed by atoms with Gasteiger partial charge in [0.2, 0.25) is 0 Å². The molecule has 16 heavy (non-hydrogen) atoms. The average molecular weight is 230 g/mol. The highest BCUT2D eigenvalue weighted by atomic mass is 16.5. The topological polar surface area (TPSA) is 44.7 Å². The Labute approximate surface area is 99.0 Å². The van der Waals surface area contributed by atoms with Gasteiger partial charge in [0.1, 0.15) is 0 Å². The average Bonchev–Trinajstić information content (AvgIpc) is 2.64. The van der Waals surface area contributed by atoms with E-state index >= 15 is 0 Å². The number of ether oxygens (including phenoxy) is 1. The van der Waals surface area contributed by atoms with E-state index in [-0.39, 0.29) is 6.10 Å². The van der Waals surface area contributed by atoms with E-state index in [0.29, 0.717) is 25.1 Å². The van der Waals surface area contributed by atoms with Crippen LogP contribution in [0, 0.1) is 5.92 Å². The van der Waals surface area contributed by atoms with Gasteiger partial charge in [-0.05, 0) is 32.9 Å². The van der Waals surface area contributed by atoms with Crippen molar-refractivity contribution in [1.29, 1.82) is 0 Å². The molecular weight excluding hydrogens is 204 g/mol. The molecule has 0 aliphatic carbocycles. The largest absolute Gasteiger partial charge is 0.390 e. The highest BCUT2D eigenvalue weighted by Gasteiger charge is 2.26. The highest BCUT2D eigenvalue weighted by molar-refractivity contribution is 4.77. The SMILES string of the molecule is CCC1OCCC1CNCC(O)CN(C)C. The van der Waals surface area contributed by atoms with Crippen molar-refractivity contribution in [2.45, 2.75) is 32.0 Å². The number of nitrogens with one attached hydrogen (secondary N) is 1. The van der Waals surface area contributed by atoms with Crippen LogP contribution in [-0.4, -0.2) is 62.6 Å². The molecule has 0 aromatic carbocycles. The summed E-state index contributed by atoms with van der Waals surface area (Å²) in [6, 6.07) is 0. The van der Waals surface area contributed by atoms with Crippen molar-refractivity contribution in [2.75, 3.05) is 40.3 Å². The minimum atomic E-state index is -0.280. The van der Waals surface area contributed by atoms with Gasteiger partial charge in [-0.15, -0.1) is 0 Å². The quantitative estimate of drug-likeness (QED) is 0.661. The number of likely N-dealkylation sites (N-methyl/N-ethyl adjacent to an activating group) is 1. The Morgan fingerprint density at radius 1 is 1.50 bits per heavy atom. The fourth-order valence-corrected chi connectivity index (χ4v) is 2.30. The number of aliphatic hydroxyl groups excluding tert-OH is 1. The predicted octanol–water partition coefficient (Wildman–Crippen LogP) is 0.314. The maximum absolute atomic E-state index is 9.68. The van der Waals surface area contributed by atoms with Crippen molar-refractivity contribution in [3.63, 3.8) is 0 Å². The molecule has 1 aliphatic rings. The van der Waals surface area contributed by atoms with Crippen LogP contribution in [0.2, 0.25) is 0 Å². The first-order valence-electron chi connectivity index (χ1n) is 6.28. The van der Waals surface area contributed by atoms with E-state index in [4.69, 9.17) is 4.74 Å². The third-order valence-corrected chi connectivity index (χ3v) is 3.11. The Morgan fingerprint density at radius 2 is 2.25 bits per heavy atom. The van der Waals surface area contributed by atoms with Crippen LogP contribution in [0.5, 0.6) is 0 Å². The molecule has 3 atom stereocenters. The van der Waals surface area contributed by atoms with Gasteiger partial charge in [-0.1, -0.05) is 6.92 Å². The minimum Gasteiger partial charge on any atom is -0.390 e. The summed E-state index contributed by atoms with van der Waals surface area (Å²) in [5, 5.41) is 13.0. The molecule has 0 radical (unpaired) electrons. The molecule has 0 bridgehead atoms. The molecule has 4 heteroatoms. The second-order valence-electron chi connectivity index (χ2n) is 4.94. The van der Waals surface area contributed by atoms with Crippen LogP contribution < -0.4 is 5.32 Å². The van der Waals surface area contributed by atoms with E-state index in [2.05, 4.69) is 12.2 Å². The van der Waals surface area contributed by atoms with Crippen LogP contribution in [-0.2, 0) is 4.74 Å². The first-order chi connectivity index (χ1) is 7.63. The predicted molar refractivity (Wildman–Crippen MR) is 65.6 cm³/mol. The van der Waals surface area contributed by atoms with Crippen molar-refractivity contribution < 1.29 is 9.84 Å². The fourth-order valence-electron chi connectivity index (χ4n) is 2.30. The summed E-state index contributed by atoms with van der Waals surface area (Å²) in [6.45, 7) is 5.41. The third-order valence-electron chi connectivity index (χ3n) is 3.11. The molecule has 96 valence electrons. The lowest BCUT2D eigenvalue weighted by molar-refractivity contribution is 0.0848. The normalized spacial score (nSPS) is 27.6. The van der Waals surface area contributed by atoms with Crippen LogP contribution in [0.1, 0.15) is 19.8 Å². The van der Waals surface area contributed by atoms with Gasteiger partial charge in [0.05, 0.1) is 12.2 Å². The van der Waals surface area contributed by atoms with Gasteiger partial charge < -0.3 is 20.1 Å². The number of aliphatic hydroxyl groups is 1. The summed E-state index contributed by atoms with van der Waals surface area (Å²) < 4.78 is 5.63. The van der Waals surface area contributed by atoms with Crippen molar-refractivity contribution >= 4 is 0 Å². The summed E-state index contributed by atoms with van der Waals surface area (Å²) >= 11 is 0. The molecule has 0 aromatic heterocycles. The second-order valence-corrected chi connectivity index (χ2v) is 4.94. The number of hydrogen-bond donors (Lipinski definition) is 2. The van der Waals surface area contributed by atoms with Crippen molar-refractivity contribution in [2.24, 2.45) is 5.92 Å². The van der Waals surface area contributed by atoms with E-state index in [0.717, 1.165) is 26.0 Å². The number of hydrogen-bond acceptors (Lipinski definition) is 4. The highest BCUT2D eigenvalue weighted by Crippen LogP contribution is 2.22.